The van der Waals surface area contributed by atoms with Crippen LogP contribution in [0.5, 0.6) is 0 Å². The maximum Gasteiger partial charge on any atom is 0.309 e. The molecule has 2 heterocycles. The Morgan fingerprint density at radius 2 is 2.10 bits per heavy atom. The Morgan fingerprint density at radius 1 is 1.35 bits per heavy atom. The third-order valence-corrected chi connectivity index (χ3v) is 3.89. The van der Waals surface area contributed by atoms with Crippen LogP contribution < -0.4 is 0 Å². The van der Waals surface area contributed by atoms with Gasteiger partial charge in [0, 0.05) is 24.7 Å². The number of esters is 1. The molecule has 0 radical (unpaired) electrons. The highest BCUT2D eigenvalue weighted by Crippen LogP contribution is 2.25. The van der Waals surface area contributed by atoms with Gasteiger partial charge in [-0.15, -0.1) is 0 Å². The number of benzene rings is 1. The fourth-order valence-corrected chi connectivity index (χ4v) is 2.66. The summed E-state index contributed by atoms with van der Waals surface area (Å²) in [6, 6.07) is 8.35. The van der Waals surface area contributed by atoms with E-state index >= 15 is 0 Å². The first kappa shape index (κ1) is 12.9. The second-order valence-corrected chi connectivity index (χ2v) is 5.31. The van der Waals surface area contributed by atoms with Crippen LogP contribution in [0.2, 0.25) is 0 Å². The van der Waals surface area contributed by atoms with Crippen molar-refractivity contribution in [2.24, 2.45) is 5.92 Å². The molecule has 0 saturated heterocycles. The standard InChI is InChI=1S/C16H18N2O2/c1-11-3-5-12(6-4-11)14-10-18-8-7-13(16(19)20-2)9-15(18)17-14/h3-6,10,13H,7-9H2,1-2H3. The summed E-state index contributed by atoms with van der Waals surface area (Å²) < 4.78 is 6.98. The lowest BCUT2D eigenvalue weighted by Gasteiger charge is -2.20. The van der Waals surface area contributed by atoms with Gasteiger partial charge in [-0.25, -0.2) is 4.98 Å². The molecule has 0 fully saturated rings. The number of aromatic nitrogens is 2. The maximum atomic E-state index is 11.6. The summed E-state index contributed by atoms with van der Waals surface area (Å²) in [6.45, 7) is 2.90. The summed E-state index contributed by atoms with van der Waals surface area (Å²) in [4.78, 5) is 16.3. The molecule has 3 rings (SSSR count). The average molecular weight is 270 g/mol. The number of carbonyl (C=O) groups is 1. The molecule has 0 N–H and O–H groups in total. The second-order valence-electron chi connectivity index (χ2n) is 5.31. The largest absolute Gasteiger partial charge is 0.469 e. The number of aryl methyl sites for hydroxylation is 2. The van der Waals surface area contributed by atoms with E-state index in [9.17, 15) is 4.79 Å². The van der Waals surface area contributed by atoms with E-state index in [0.717, 1.165) is 30.0 Å². The number of hydrogen-bond donors (Lipinski definition) is 0. The predicted octanol–water partition coefficient (Wildman–Crippen LogP) is 2.59. The minimum atomic E-state index is -0.129. The number of hydrogen-bond acceptors (Lipinski definition) is 3. The Labute approximate surface area is 118 Å². The van der Waals surface area contributed by atoms with E-state index in [2.05, 4.69) is 46.9 Å². The van der Waals surface area contributed by atoms with Gasteiger partial charge < -0.3 is 9.30 Å². The molecule has 1 aliphatic rings. The van der Waals surface area contributed by atoms with Crippen LogP contribution in [0.15, 0.2) is 30.5 Å². The lowest BCUT2D eigenvalue weighted by Crippen LogP contribution is -2.26. The van der Waals surface area contributed by atoms with Crippen LogP contribution in [-0.2, 0) is 22.5 Å². The monoisotopic (exact) mass is 270 g/mol. The van der Waals surface area contributed by atoms with E-state index in [0.29, 0.717) is 6.42 Å². The Kier molecular flexibility index (Phi) is 3.30. The van der Waals surface area contributed by atoms with Crippen molar-refractivity contribution in [1.82, 2.24) is 9.55 Å². The first-order chi connectivity index (χ1) is 9.67. The minimum Gasteiger partial charge on any atom is -0.469 e. The SMILES string of the molecule is COC(=O)C1CCn2cc(-c3ccc(C)cc3)nc2C1. The quantitative estimate of drug-likeness (QED) is 0.788. The van der Waals surface area contributed by atoms with Crippen LogP contribution in [0.4, 0.5) is 0 Å². The molecule has 4 heteroatoms. The van der Waals surface area contributed by atoms with Crippen molar-refractivity contribution >= 4 is 5.97 Å². The number of imidazole rings is 1. The fourth-order valence-electron chi connectivity index (χ4n) is 2.66. The molecule has 0 aliphatic carbocycles. The first-order valence-electron chi connectivity index (χ1n) is 6.88. The van der Waals surface area contributed by atoms with Gasteiger partial charge in [0.1, 0.15) is 5.82 Å². The third kappa shape index (κ3) is 2.33. The van der Waals surface area contributed by atoms with Crippen LogP contribution in [0, 0.1) is 12.8 Å². The van der Waals surface area contributed by atoms with Gasteiger partial charge in [0.2, 0.25) is 0 Å². The number of ether oxygens (including phenoxy) is 1. The molecule has 4 nitrogen and oxygen atoms in total. The molecular formula is C16H18N2O2. The highest BCUT2D eigenvalue weighted by atomic mass is 16.5. The van der Waals surface area contributed by atoms with E-state index in [1.807, 2.05) is 0 Å². The van der Waals surface area contributed by atoms with Crippen molar-refractivity contribution in [1.29, 1.82) is 0 Å². The van der Waals surface area contributed by atoms with E-state index < -0.39 is 0 Å². The normalized spacial score (nSPS) is 17.6. The first-order valence-corrected chi connectivity index (χ1v) is 6.88. The van der Waals surface area contributed by atoms with Gasteiger partial charge in [-0.05, 0) is 13.3 Å². The molecule has 1 aromatic carbocycles. The topological polar surface area (TPSA) is 44.1 Å². The van der Waals surface area contributed by atoms with Crippen LogP contribution in [0.25, 0.3) is 11.3 Å². The summed E-state index contributed by atoms with van der Waals surface area (Å²) in [6.07, 6.45) is 3.56. The molecule has 2 aromatic rings. The molecular weight excluding hydrogens is 252 g/mol. The van der Waals surface area contributed by atoms with Gasteiger partial charge in [0.15, 0.2) is 0 Å². The summed E-state index contributed by atoms with van der Waals surface area (Å²) >= 11 is 0. The van der Waals surface area contributed by atoms with Gasteiger partial charge in [-0.1, -0.05) is 29.8 Å². The summed E-state index contributed by atoms with van der Waals surface area (Å²) in [5.41, 5.74) is 3.33. The zero-order chi connectivity index (χ0) is 14.1. The van der Waals surface area contributed by atoms with Crippen LogP contribution >= 0.6 is 0 Å². The zero-order valence-electron chi connectivity index (χ0n) is 11.8. The van der Waals surface area contributed by atoms with Crippen molar-refractivity contribution in [3.63, 3.8) is 0 Å². The van der Waals surface area contributed by atoms with E-state index in [4.69, 9.17) is 4.74 Å². The molecule has 20 heavy (non-hydrogen) atoms. The molecule has 1 aromatic heterocycles. The van der Waals surface area contributed by atoms with E-state index in [1.54, 1.807) is 0 Å². The summed E-state index contributed by atoms with van der Waals surface area (Å²) in [7, 11) is 1.45. The number of fused-ring (bicyclic) bond motifs is 1. The highest BCUT2D eigenvalue weighted by molar-refractivity contribution is 5.72. The van der Waals surface area contributed by atoms with Crippen LogP contribution in [0.1, 0.15) is 17.8 Å². The van der Waals surface area contributed by atoms with Crippen molar-refractivity contribution in [2.45, 2.75) is 26.3 Å². The highest BCUT2D eigenvalue weighted by Gasteiger charge is 2.26. The summed E-state index contributed by atoms with van der Waals surface area (Å²) in [5, 5.41) is 0. The van der Waals surface area contributed by atoms with Gasteiger partial charge in [-0.3, -0.25) is 4.79 Å². The number of methoxy groups -OCH3 is 1. The van der Waals surface area contributed by atoms with E-state index in [-0.39, 0.29) is 11.9 Å². The van der Waals surface area contributed by atoms with Crippen molar-refractivity contribution in [2.75, 3.05) is 7.11 Å². The van der Waals surface area contributed by atoms with Gasteiger partial charge in [0.25, 0.3) is 0 Å². The van der Waals surface area contributed by atoms with Crippen molar-refractivity contribution in [3.05, 3.63) is 41.9 Å². The third-order valence-electron chi connectivity index (χ3n) is 3.89. The fraction of sp³-hybridized carbons (Fsp3) is 0.375. The number of nitrogens with zero attached hydrogens (tertiary/aromatic N) is 2. The lowest BCUT2D eigenvalue weighted by molar-refractivity contribution is -0.146. The number of carbonyl (C=O) groups excluding carboxylic acids is 1. The maximum absolute atomic E-state index is 11.6. The van der Waals surface area contributed by atoms with Gasteiger partial charge in [-0.2, -0.15) is 0 Å². The Balaban J connectivity index is 1.86. The molecule has 0 amide bonds. The Morgan fingerprint density at radius 3 is 2.80 bits per heavy atom. The molecule has 0 bridgehead atoms. The van der Waals surface area contributed by atoms with Crippen LogP contribution in [-0.4, -0.2) is 22.6 Å². The van der Waals surface area contributed by atoms with Gasteiger partial charge in [0.05, 0.1) is 18.7 Å². The average Bonchev–Trinajstić information content (AvgIpc) is 2.90. The molecule has 1 unspecified atom stereocenters. The molecule has 0 spiro atoms. The van der Waals surface area contributed by atoms with Crippen molar-refractivity contribution in [3.8, 4) is 11.3 Å². The summed E-state index contributed by atoms with van der Waals surface area (Å²) in [5.74, 6) is 0.791. The smallest absolute Gasteiger partial charge is 0.309 e. The van der Waals surface area contributed by atoms with E-state index in [1.165, 1.54) is 12.7 Å². The minimum absolute atomic E-state index is 0.0548. The van der Waals surface area contributed by atoms with Crippen molar-refractivity contribution < 1.29 is 9.53 Å². The number of rotatable bonds is 2. The molecule has 1 aliphatic heterocycles. The molecule has 0 saturated carbocycles. The van der Waals surface area contributed by atoms with Crippen LogP contribution in [0.3, 0.4) is 0 Å². The Bertz CT molecular complexity index is 628. The lowest BCUT2D eigenvalue weighted by atomic mass is 9.98. The zero-order valence-corrected chi connectivity index (χ0v) is 11.8. The second kappa shape index (κ2) is 5.12. The Hall–Kier alpha value is -2.10. The molecule has 104 valence electrons. The molecule has 1 atom stereocenters. The van der Waals surface area contributed by atoms with Gasteiger partial charge >= 0.3 is 5.97 Å². The predicted molar refractivity (Wildman–Crippen MR) is 76.2 cm³/mol.